The van der Waals surface area contributed by atoms with Crippen LogP contribution in [-0.2, 0) is 29.0 Å². The van der Waals surface area contributed by atoms with Gasteiger partial charge in [-0.25, -0.2) is 17.6 Å². The van der Waals surface area contributed by atoms with E-state index in [4.69, 9.17) is 17.2 Å². The number of sulfone groups is 1. The molecule has 53 heavy (non-hydrogen) atoms. The van der Waals surface area contributed by atoms with Gasteiger partial charge >= 0.3 is 6.03 Å². The number of hydrogen-bond donors (Lipinski definition) is 7. The van der Waals surface area contributed by atoms with E-state index in [2.05, 4.69) is 21.3 Å². The van der Waals surface area contributed by atoms with Gasteiger partial charge in [-0.2, -0.15) is 0 Å². The summed E-state index contributed by atoms with van der Waals surface area (Å²) in [5.41, 5.74) is 15.6. The molecule has 5 amide bonds. The van der Waals surface area contributed by atoms with Crippen molar-refractivity contribution in [2.75, 3.05) is 25.5 Å². The van der Waals surface area contributed by atoms with E-state index in [-0.39, 0.29) is 31.3 Å². The smallest absolute Gasteiger partial charge is 0.315 e. The fourth-order valence-electron chi connectivity index (χ4n) is 9.89. The molecule has 0 radical (unpaired) electrons. The quantitative estimate of drug-likeness (QED) is 0.118. The van der Waals surface area contributed by atoms with Gasteiger partial charge in [0.05, 0.1) is 28.1 Å². The normalized spacial score (nSPS) is 32.3. The first-order valence-corrected chi connectivity index (χ1v) is 21.5. The topological polar surface area (TPSA) is 249 Å². The summed E-state index contributed by atoms with van der Waals surface area (Å²) in [5.74, 6) is -4.27. The summed E-state index contributed by atoms with van der Waals surface area (Å²) < 4.78 is 41.1. The second-order valence-electron chi connectivity index (χ2n) is 16.8. The number of alkyl halides is 1. The Labute approximate surface area is 311 Å². The zero-order valence-electron chi connectivity index (χ0n) is 30.7. The molecule has 6 aliphatic rings. The number of carbonyl (C=O) groups excluding carboxylic acids is 5. The number of nitrogens with zero attached hydrogens (tertiary/aromatic N) is 1. The highest BCUT2D eigenvalue weighted by Crippen LogP contribution is 2.57. The summed E-state index contributed by atoms with van der Waals surface area (Å²) in [4.78, 5) is 70.4. The van der Waals surface area contributed by atoms with Crippen molar-refractivity contribution in [2.24, 2.45) is 29.0 Å². The lowest BCUT2D eigenvalue weighted by Crippen LogP contribution is -2.70. The van der Waals surface area contributed by atoms with Gasteiger partial charge < -0.3 is 43.4 Å². The third kappa shape index (κ3) is 8.08. The molecular formula is C36H59FN8O7S. The maximum absolute atomic E-state index is 14.8. The molecule has 298 valence electrons. The van der Waals surface area contributed by atoms with Crippen LogP contribution in [0.2, 0.25) is 0 Å². The van der Waals surface area contributed by atoms with Crippen molar-refractivity contribution in [3.8, 4) is 0 Å². The van der Waals surface area contributed by atoms with Gasteiger partial charge in [-0.3, -0.25) is 19.2 Å². The van der Waals surface area contributed by atoms with Crippen molar-refractivity contribution in [1.29, 1.82) is 0 Å². The minimum Gasteiger partial charge on any atom is -0.347 e. The van der Waals surface area contributed by atoms with Crippen LogP contribution in [0, 0.1) is 11.8 Å². The average molecular weight is 767 g/mol. The maximum atomic E-state index is 14.8. The predicted molar refractivity (Wildman–Crippen MR) is 194 cm³/mol. The Kier molecular flexibility index (Phi) is 11.8. The van der Waals surface area contributed by atoms with Gasteiger partial charge in [-0.05, 0) is 70.8 Å². The third-order valence-electron chi connectivity index (χ3n) is 13.1. The number of hydrogen-bond acceptors (Lipinski definition) is 10. The molecule has 4 saturated carbocycles. The van der Waals surface area contributed by atoms with E-state index >= 15 is 0 Å². The fraction of sp³-hybridized carbons (Fsp3) is 0.861. The van der Waals surface area contributed by atoms with E-state index in [0.29, 0.717) is 57.8 Å². The van der Waals surface area contributed by atoms with Crippen molar-refractivity contribution in [2.45, 2.75) is 155 Å². The molecule has 6 fully saturated rings. The Hall–Kier alpha value is -2.89. The van der Waals surface area contributed by atoms with Crippen LogP contribution in [0.15, 0.2) is 0 Å². The molecule has 2 heterocycles. The van der Waals surface area contributed by atoms with Gasteiger partial charge in [0.2, 0.25) is 17.6 Å². The number of piperidine rings is 1. The first-order chi connectivity index (χ1) is 25.2. The zero-order valence-corrected chi connectivity index (χ0v) is 31.5. The number of fused-ring (bicyclic) bond motifs is 1. The molecule has 0 bridgehead atoms. The van der Waals surface area contributed by atoms with Crippen LogP contribution >= 0.6 is 0 Å². The minimum atomic E-state index is -3.47. The first kappa shape index (κ1) is 39.8. The number of halogens is 1. The monoisotopic (exact) mass is 766 g/mol. The Morgan fingerprint density at radius 3 is 2.13 bits per heavy atom. The number of ketones is 1. The largest absolute Gasteiger partial charge is 0.347 e. The molecule has 2 saturated heterocycles. The van der Waals surface area contributed by atoms with Gasteiger partial charge in [-0.1, -0.05) is 44.9 Å². The standard InChI is InChI=1S/C36H59FN8O7S/c37-21-36(40)23-20-45(27(26(23)36)30(47)42-24(10-9-18-38)28(46)31(48)41-22-12-13-22)32(49)29(34(39)14-4-1-5-15-34)43-33(50)44-35(16-6-2-7-17-35)25-11-3-8-19-53(25,51)52/h22-27,29H,1-21,38-40H2,(H,41,48)(H,42,47)(H2,43,44,50)/t23-,24-,25?,26-,27-,29+,36?/m0/s1. The van der Waals surface area contributed by atoms with Gasteiger partial charge in [0.25, 0.3) is 5.91 Å². The number of nitrogens with one attached hydrogen (secondary N) is 4. The average Bonchev–Trinajstić information content (AvgIpc) is 4.01. The SMILES string of the molecule is NCCC[C@H](NC(=O)[C@@H]1[C@@H]2[C@H](CN1C(=O)[C@@H](NC(=O)NC1(C3CCCCS3(=O)=O)CCCCC1)C1(N)CCCCC1)C2(N)CF)C(=O)C(=O)NC1CC1. The summed E-state index contributed by atoms with van der Waals surface area (Å²) >= 11 is 0. The van der Waals surface area contributed by atoms with Crippen molar-refractivity contribution in [3.63, 3.8) is 0 Å². The van der Waals surface area contributed by atoms with E-state index < -0.39 is 97.9 Å². The lowest BCUT2D eigenvalue weighted by molar-refractivity contribution is -0.145. The fourth-order valence-corrected chi connectivity index (χ4v) is 12.3. The van der Waals surface area contributed by atoms with Crippen molar-refractivity contribution < 1.29 is 36.8 Å². The maximum Gasteiger partial charge on any atom is 0.315 e. The van der Waals surface area contributed by atoms with Crippen LogP contribution in [0.25, 0.3) is 0 Å². The minimum absolute atomic E-state index is 0.0638. The van der Waals surface area contributed by atoms with Crippen molar-refractivity contribution in [1.82, 2.24) is 26.2 Å². The van der Waals surface area contributed by atoms with Crippen LogP contribution in [0.3, 0.4) is 0 Å². The molecule has 15 nitrogen and oxygen atoms in total. The van der Waals surface area contributed by atoms with Gasteiger partial charge in [0.15, 0.2) is 9.84 Å². The van der Waals surface area contributed by atoms with Crippen LogP contribution < -0.4 is 38.5 Å². The zero-order chi connectivity index (χ0) is 38.2. The number of carbonyl (C=O) groups is 5. The second kappa shape index (κ2) is 15.7. The molecule has 10 N–H and O–H groups in total. The number of amides is 5. The molecule has 4 aliphatic carbocycles. The first-order valence-electron chi connectivity index (χ1n) is 19.8. The Balaban J connectivity index is 1.26. The third-order valence-corrected chi connectivity index (χ3v) is 15.6. The second-order valence-corrected chi connectivity index (χ2v) is 19.1. The summed E-state index contributed by atoms with van der Waals surface area (Å²) in [7, 11) is -3.47. The van der Waals surface area contributed by atoms with Gasteiger partial charge in [0.1, 0.15) is 18.8 Å². The van der Waals surface area contributed by atoms with E-state index in [1.807, 2.05) is 0 Å². The molecule has 17 heteroatoms. The van der Waals surface area contributed by atoms with Crippen LogP contribution in [-0.4, -0.2) is 114 Å². The van der Waals surface area contributed by atoms with E-state index in [1.165, 1.54) is 4.90 Å². The summed E-state index contributed by atoms with van der Waals surface area (Å²) in [5, 5.41) is 10.5. The van der Waals surface area contributed by atoms with Gasteiger partial charge in [-0.15, -0.1) is 0 Å². The van der Waals surface area contributed by atoms with E-state index in [1.54, 1.807) is 0 Å². The molecule has 2 unspecified atom stereocenters. The van der Waals surface area contributed by atoms with Crippen molar-refractivity contribution >= 4 is 39.4 Å². The highest BCUT2D eigenvalue weighted by Gasteiger charge is 2.73. The predicted octanol–water partition coefficient (Wildman–Crippen LogP) is 0.181. The van der Waals surface area contributed by atoms with Crippen molar-refractivity contribution in [3.05, 3.63) is 0 Å². The lowest BCUT2D eigenvalue weighted by Gasteiger charge is -2.46. The van der Waals surface area contributed by atoms with E-state index in [0.717, 1.165) is 44.9 Å². The molecule has 0 aromatic carbocycles. The summed E-state index contributed by atoms with van der Waals surface area (Å²) in [6, 6.07) is -4.59. The number of urea groups is 1. The van der Waals surface area contributed by atoms with Crippen LogP contribution in [0.4, 0.5) is 9.18 Å². The molecule has 0 aromatic rings. The number of rotatable bonds is 14. The Morgan fingerprint density at radius 2 is 1.53 bits per heavy atom. The van der Waals surface area contributed by atoms with Crippen LogP contribution in [0.1, 0.15) is 109 Å². The molecule has 2 aliphatic heterocycles. The molecule has 7 atom stereocenters. The number of nitrogens with two attached hydrogens (primary N) is 3. The molecular weight excluding hydrogens is 708 g/mol. The van der Waals surface area contributed by atoms with Crippen LogP contribution in [0.5, 0.6) is 0 Å². The number of Topliss-reactive ketones (excluding diaryl/α,β-unsaturated/α-hetero) is 1. The highest BCUT2D eigenvalue weighted by molar-refractivity contribution is 7.92. The Morgan fingerprint density at radius 1 is 0.868 bits per heavy atom. The molecule has 0 spiro atoms. The molecule has 0 aromatic heterocycles. The van der Waals surface area contributed by atoms with E-state index in [9.17, 15) is 36.8 Å². The molecule has 6 rings (SSSR count). The van der Waals surface area contributed by atoms with Gasteiger partial charge in [0, 0.05) is 30.0 Å². The highest BCUT2D eigenvalue weighted by atomic mass is 32.2. The lowest BCUT2D eigenvalue weighted by atomic mass is 9.76. The number of likely N-dealkylation sites (tertiary alicyclic amines) is 1. The summed E-state index contributed by atoms with van der Waals surface area (Å²) in [6.07, 6.45) is 10.3. The summed E-state index contributed by atoms with van der Waals surface area (Å²) in [6.45, 7) is -0.783. The Bertz CT molecular complexity index is 1530.